The molecule has 0 atom stereocenters. The van der Waals surface area contributed by atoms with E-state index >= 15 is 0 Å². The second-order valence-electron chi connectivity index (χ2n) is 6.58. The fourth-order valence-corrected chi connectivity index (χ4v) is 3.27. The van der Waals surface area contributed by atoms with Gasteiger partial charge in [-0.3, -0.25) is 19.8 Å². The molecule has 0 spiro atoms. The van der Waals surface area contributed by atoms with Gasteiger partial charge in [-0.2, -0.15) is 5.10 Å². The molecule has 0 unspecified atom stereocenters. The van der Waals surface area contributed by atoms with E-state index in [4.69, 9.17) is 0 Å². The average Bonchev–Trinajstić information content (AvgIpc) is 3.19. The summed E-state index contributed by atoms with van der Waals surface area (Å²) in [6, 6.07) is 12.0. The molecule has 3 aromatic rings. The molecule has 3 heterocycles. The first-order valence-electron chi connectivity index (χ1n) is 8.91. The van der Waals surface area contributed by atoms with Crippen molar-refractivity contribution in [2.45, 2.75) is 6.54 Å². The van der Waals surface area contributed by atoms with Crippen molar-refractivity contribution < 1.29 is 9.18 Å². The van der Waals surface area contributed by atoms with Crippen LogP contribution in [0.15, 0.2) is 54.9 Å². The molecule has 1 saturated heterocycles. The predicted octanol–water partition coefficient (Wildman–Crippen LogP) is 2.57. The topological polar surface area (TPSA) is 65.1 Å². The van der Waals surface area contributed by atoms with Crippen molar-refractivity contribution in [3.63, 3.8) is 0 Å². The summed E-state index contributed by atoms with van der Waals surface area (Å²) >= 11 is 0. The maximum Gasteiger partial charge on any atom is 0.271 e. The van der Waals surface area contributed by atoms with E-state index in [0.29, 0.717) is 30.0 Å². The number of nitrogens with zero attached hydrogens (tertiary/aromatic N) is 4. The second-order valence-corrected chi connectivity index (χ2v) is 6.58. The molecule has 0 bridgehead atoms. The third-order valence-corrected chi connectivity index (χ3v) is 4.75. The van der Waals surface area contributed by atoms with Crippen molar-refractivity contribution in [2.24, 2.45) is 0 Å². The van der Waals surface area contributed by atoms with Gasteiger partial charge in [-0.25, -0.2) is 4.39 Å². The number of H-pyrrole nitrogens is 1. The number of aromatic amines is 1. The Morgan fingerprint density at radius 2 is 1.93 bits per heavy atom. The van der Waals surface area contributed by atoms with Gasteiger partial charge in [0, 0.05) is 50.7 Å². The maximum absolute atomic E-state index is 13.9. The monoisotopic (exact) mass is 365 g/mol. The van der Waals surface area contributed by atoms with Crippen LogP contribution in [-0.4, -0.2) is 57.1 Å². The van der Waals surface area contributed by atoms with Crippen molar-refractivity contribution >= 4 is 5.91 Å². The molecule has 0 saturated carbocycles. The lowest BCUT2D eigenvalue weighted by Gasteiger charge is -2.34. The molecule has 4 rings (SSSR count). The minimum absolute atomic E-state index is 0.105. The van der Waals surface area contributed by atoms with Crippen LogP contribution in [-0.2, 0) is 6.54 Å². The Balaban J connectivity index is 1.38. The highest BCUT2D eigenvalue weighted by molar-refractivity contribution is 5.93. The minimum Gasteiger partial charge on any atom is -0.335 e. The predicted molar refractivity (Wildman–Crippen MR) is 99.4 cm³/mol. The van der Waals surface area contributed by atoms with Crippen molar-refractivity contribution in [2.75, 3.05) is 26.2 Å². The van der Waals surface area contributed by atoms with Gasteiger partial charge in [0.15, 0.2) is 0 Å². The number of hydrogen-bond donors (Lipinski definition) is 1. The number of benzene rings is 1. The maximum atomic E-state index is 13.9. The summed E-state index contributed by atoms with van der Waals surface area (Å²) in [4.78, 5) is 21.0. The van der Waals surface area contributed by atoms with E-state index in [-0.39, 0.29) is 11.7 Å². The number of piperazine rings is 1. The van der Waals surface area contributed by atoms with E-state index in [2.05, 4.69) is 26.1 Å². The van der Waals surface area contributed by atoms with Gasteiger partial charge in [0.1, 0.15) is 11.5 Å². The number of hydrogen-bond acceptors (Lipinski definition) is 4. The highest BCUT2D eigenvalue weighted by Crippen LogP contribution is 2.21. The normalized spacial score (nSPS) is 15.1. The molecule has 7 heteroatoms. The van der Waals surface area contributed by atoms with Crippen LogP contribution < -0.4 is 0 Å². The fraction of sp³-hybridized carbons (Fsp3) is 0.250. The Labute approximate surface area is 156 Å². The Kier molecular flexibility index (Phi) is 4.93. The molecule has 1 aromatic carbocycles. The number of carbonyl (C=O) groups excluding carboxylic acids is 1. The van der Waals surface area contributed by atoms with Crippen molar-refractivity contribution in [1.82, 2.24) is 25.0 Å². The number of pyridine rings is 1. The first kappa shape index (κ1) is 17.4. The lowest BCUT2D eigenvalue weighted by Crippen LogP contribution is -2.48. The third kappa shape index (κ3) is 3.88. The zero-order valence-corrected chi connectivity index (χ0v) is 14.8. The van der Waals surface area contributed by atoms with Gasteiger partial charge in [-0.1, -0.05) is 18.2 Å². The van der Waals surface area contributed by atoms with E-state index in [1.165, 1.54) is 11.6 Å². The van der Waals surface area contributed by atoms with Gasteiger partial charge in [0.25, 0.3) is 5.91 Å². The van der Waals surface area contributed by atoms with Crippen LogP contribution in [0.2, 0.25) is 0 Å². The van der Waals surface area contributed by atoms with Gasteiger partial charge in [0.2, 0.25) is 0 Å². The Morgan fingerprint density at radius 3 is 2.67 bits per heavy atom. The molecule has 6 nitrogen and oxygen atoms in total. The highest BCUT2D eigenvalue weighted by Gasteiger charge is 2.24. The van der Waals surface area contributed by atoms with Crippen LogP contribution in [0.25, 0.3) is 11.3 Å². The SMILES string of the molecule is O=C(c1cc(-c2ccccc2F)n[nH]1)N1CCN(Cc2cccnc2)CC1. The summed E-state index contributed by atoms with van der Waals surface area (Å²) < 4.78 is 13.9. The molecule has 0 aliphatic carbocycles. The molecular weight excluding hydrogens is 345 g/mol. The Morgan fingerprint density at radius 1 is 1.11 bits per heavy atom. The van der Waals surface area contributed by atoms with Crippen LogP contribution in [0.3, 0.4) is 0 Å². The van der Waals surface area contributed by atoms with E-state index in [1.54, 1.807) is 35.4 Å². The van der Waals surface area contributed by atoms with Crippen LogP contribution in [0, 0.1) is 5.82 Å². The molecular formula is C20H20FN5O. The highest BCUT2D eigenvalue weighted by atomic mass is 19.1. The quantitative estimate of drug-likeness (QED) is 0.772. The third-order valence-electron chi connectivity index (χ3n) is 4.75. The number of rotatable bonds is 4. The van der Waals surface area contributed by atoms with Crippen LogP contribution in [0.4, 0.5) is 4.39 Å². The molecule has 1 fully saturated rings. The fourth-order valence-electron chi connectivity index (χ4n) is 3.27. The zero-order valence-electron chi connectivity index (χ0n) is 14.8. The lowest BCUT2D eigenvalue weighted by atomic mass is 10.1. The van der Waals surface area contributed by atoms with Gasteiger partial charge in [-0.05, 0) is 29.8 Å². The van der Waals surface area contributed by atoms with Gasteiger partial charge in [-0.15, -0.1) is 0 Å². The largest absolute Gasteiger partial charge is 0.335 e. The van der Waals surface area contributed by atoms with Crippen LogP contribution in [0.1, 0.15) is 16.1 Å². The molecule has 2 aromatic heterocycles. The molecule has 0 radical (unpaired) electrons. The summed E-state index contributed by atoms with van der Waals surface area (Å²) in [5.74, 6) is -0.460. The molecule has 27 heavy (non-hydrogen) atoms. The molecule has 1 amide bonds. The van der Waals surface area contributed by atoms with Crippen molar-refractivity contribution in [1.29, 1.82) is 0 Å². The minimum atomic E-state index is -0.355. The molecule has 138 valence electrons. The molecule has 1 aliphatic heterocycles. The summed E-state index contributed by atoms with van der Waals surface area (Å²) in [7, 11) is 0. The van der Waals surface area contributed by atoms with E-state index < -0.39 is 0 Å². The second kappa shape index (κ2) is 7.67. The lowest BCUT2D eigenvalue weighted by molar-refractivity contribution is 0.0622. The summed E-state index contributed by atoms with van der Waals surface area (Å²) in [5.41, 5.74) is 2.37. The number of halogens is 1. The Hall–Kier alpha value is -3.06. The average molecular weight is 365 g/mol. The van der Waals surface area contributed by atoms with Crippen molar-refractivity contribution in [3.05, 3.63) is 71.9 Å². The number of nitrogens with one attached hydrogen (secondary N) is 1. The number of carbonyl (C=O) groups is 1. The summed E-state index contributed by atoms with van der Waals surface area (Å²) in [6.07, 6.45) is 3.63. The standard InChI is InChI=1S/C20H20FN5O/c21-17-6-2-1-5-16(17)18-12-19(24-23-18)20(27)26-10-8-25(9-11-26)14-15-4-3-7-22-13-15/h1-7,12-13H,8-11,14H2,(H,23,24). The van der Waals surface area contributed by atoms with E-state index in [9.17, 15) is 9.18 Å². The first-order valence-corrected chi connectivity index (χ1v) is 8.91. The van der Waals surface area contributed by atoms with Crippen molar-refractivity contribution in [3.8, 4) is 11.3 Å². The Bertz CT molecular complexity index is 919. The van der Waals surface area contributed by atoms with Gasteiger partial charge >= 0.3 is 0 Å². The smallest absolute Gasteiger partial charge is 0.271 e. The van der Waals surface area contributed by atoms with Crippen LogP contribution >= 0.6 is 0 Å². The van der Waals surface area contributed by atoms with Gasteiger partial charge < -0.3 is 4.90 Å². The number of aromatic nitrogens is 3. The van der Waals surface area contributed by atoms with Crippen LogP contribution in [0.5, 0.6) is 0 Å². The molecule has 1 aliphatic rings. The summed E-state index contributed by atoms with van der Waals surface area (Å²) in [6.45, 7) is 3.72. The summed E-state index contributed by atoms with van der Waals surface area (Å²) in [5, 5.41) is 6.85. The van der Waals surface area contributed by atoms with E-state index in [1.807, 2.05) is 12.3 Å². The number of amides is 1. The molecule has 1 N–H and O–H groups in total. The van der Waals surface area contributed by atoms with Gasteiger partial charge in [0.05, 0.1) is 5.69 Å². The van der Waals surface area contributed by atoms with E-state index in [0.717, 1.165) is 19.6 Å². The zero-order chi connectivity index (χ0) is 18.6. The first-order chi connectivity index (χ1) is 13.2.